The molecule has 0 aliphatic carbocycles. The van der Waals surface area contributed by atoms with Gasteiger partial charge in [-0.2, -0.15) is 0 Å². The second-order valence-corrected chi connectivity index (χ2v) is 12.1. The molecule has 4 heteroatoms. The van der Waals surface area contributed by atoms with Crippen LogP contribution in [0, 0.1) is 19.1 Å². The zero-order valence-corrected chi connectivity index (χ0v) is 29.5. The van der Waals surface area contributed by atoms with E-state index in [-0.39, 0.29) is 25.5 Å². The first kappa shape index (κ1) is 32.8. The van der Waals surface area contributed by atoms with E-state index in [9.17, 15) is 0 Å². The third-order valence-electron chi connectivity index (χ3n) is 8.75. The predicted octanol–water partition coefficient (Wildman–Crippen LogP) is 11.3. The molecule has 0 amide bonds. The third-order valence-corrected chi connectivity index (χ3v) is 8.75. The number of hydrogen-bond acceptors (Lipinski definition) is 3. The van der Waals surface area contributed by atoms with Crippen LogP contribution in [0.3, 0.4) is 0 Å². The number of aromatic nitrogens is 2. The summed E-state index contributed by atoms with van der Waals surface area (Å²) in [5, 5.41) is 2.21. The Hall–Kier alpha value is -5.15. The molecule has 0 atom stereocenters. The van der Waals surface area contributed by atoms with E-state index in [0.29, 0.717) is 0 Å². The maximum atomic E-state index is 6.14. The Morgan fingerprint density at radius 1 is 0.604 bits per heavy atom. The number of furan rings is 1. The molecule has 0 aliphatic rings. The van der Waals surface area contributed by atoms with Gasteiger partial charge >= 0.3 is 0 Å². The summed E-state index contributed by atoms with van der Waals surface area (Å²) in [5.41, 5.74) is 11.5. The summed E-state index contributed by atoms with van der Waals surface area (Å²) in [5.74, 6) is 0. The maximum Gasteiger partial charge on any atom is 0.120 e. The minimum absolute atomic E-state index is 0. The molecule has 48 heavy (non-hydrogen) atoms. The zero-order chi connectivity index (χ0) is 32.2. The van der Waals surface area contributed by atoms with E-state index in [1.54, 1.807) is 0 Å². The largest absolute Gasteiger partial charge is 0.501 e. The molecule has 8 rings (SSSR count). The van der Waals surface area contributed by atoms with Crippen molar-refractivity contribution in [1.82, 2.24) is 9.97 Å². The van der Waals surface area contributed by atoms with Gasteiger partial charge in [-0.05, 0) is 52.2 Å². The number of nitrogens with zero attached hydrogens (tertiary/aromatic N) is 2. The minimum Gasteiger partial charge on any atom is -0.501 e. The molecule has 3 nitrogen and oxygen atoms in total. The van der Waals surface area contributed by atoms with Crippen molar-refractivity contribution in [3.63, 3.8) is 0 Å². The van der Waals surface area contributed by atoms with Crippen LogP contribution in [0.4, 0.5) is 0 Å². The Morgan fingerprint density at radius 3 is 2.04 bits per heavy atom. The van der Waals surface area contributed by atoms with Crippen molar-refractivity contribution in [3.05, 3.63) is 181 Å². The monoisotopic (exact) mass is 799 g/mol. The van der Waals surface area contributed by atoms with Crippen LogP contribution in [0.15, 0.2) is 156 Å². The average molecular weight is 799 g/mol. The summed E-state index contributed by atoms with van der Waals surface area (Å²) < 4.78 is 6.14. The van der Waals surface area contributed by atoms with E-state index in [1.807, 2.05) is 73.1 Å². The molecular weight excluding hydrogens is 765 g/mol. The van der Waals surface area contributed by atoms with Crippen LogP contribution in [-0.4, -0.2) is 9.97 Å². The van der Waals surface area contributed by atoms with Crippen LogP contribution in [0.5, 0.6) is 0 Å². The zero-order valence-electron chi connectivity index (χ0n) is 27.1. The molecule has 0 bridgehead atoms. The quantitative estimate of drug-likeness (QED) is 0.163. The van der Waals surface area contributed by atoms with Crippen LogP contribution >= 0.6 is 0 Å². The van der Waals surface area contributed by atoms with Crippen molar-refractivity contribution in [2.24, 2.45) is 0 Å². The topological polar surface area (TPSA) is 38.9 Å². The number of hydrogen-bond donors (Lipinski definition) is 0. The van der Waals surface area contributed by atoms with Crippen LogP contribution in [-0.2, 0) is 25.5 Å². The fraction of sp³-hybridized carbons (Fsp3) is 0.0909. The van der Waals surface area contributed by atoms with E-state index in [1.165, 1.54) is 22.3 Å². The molecule has 1 radical (unpaired) electrons. The first-order chi connectivity index (χ1) is 23.0. The normalized spacial score (nSPS) is 11.1. The van der Waals surface area contributed by atoms with Crippen molar-refractivity contribution >= 4 is 21.9 Å². The third kappa shape index (κ3) is 6.64. The van der Waals surface area contributed by atoms with Gasteiger partial charge in [0.2, 0.25) is 0 Å². The molecule has 0 N–H and O–H groups in total. The molecule has 3 heterocycles. The van der Waals surface area contributed by atoms with Gasteiger partial charge in [0, 0.05) is 43.3 Å². The first-order valence-electron chi connectivity index (χ1n) is 15.8. The predicted molar refractivity (Wildman–Crippen MR) is 193 cm³/mol. The van der Waals surface area contributed by atoms with Crippen LogP contribution in [0.1, 0.15) is 30.5 Å². The van der Waals surface area contributed by atoms with Crippen molar-refractivity contribution in [2.75, 3.05) is 0 Å². The standard InChI is InChI=1S/C24H16NO.C20H18N.Ir/c1-16-15-25-22(14-21(16)17-8-3-2-4-9-17)20-12-7-11-19-18-10-5-6-13-23(18)26-24(19)20;1-20(2,17-11-7-4-8-12-17)18-13-14-19(21-15-18)16-9-5-3-6-10-16;/h2-11,13-15H,1H3;3-9,11-15H,1-2H3;/q2*-1;. The number of para-hydroxylation sites is 1. The molecule has 5 aromatic carbocycles. The summed E-state index contributed by atoms with van der Waals surface area (Å²) in [6.07, 6.45) is 3.90. The second kappa shape index (κ2) is 14.3. The SMILES string of the molecule is CC(C)(c1ccccc1)c1ccc(-c2[c-]cccc2)nc1.Cc1cnc(-c2[c-]ccc3c2oc2ccccc23)cc1-c1ccccc1.[Ir]. The van der Waals surface area contributed by atoms with Gasteiger partial charge in [-0.15, -0.1) is 54.1 Å². The van der Waals surface area contributed by atoms with Gasteiger partial charge in [0.15, 0.2) is 0 Å². The van der Waals surface area contributed by atoms with E-state index in [0.717, 1.165) is 50.0 Å². The van der Waals surface area contributed by atoms with Crippen molar-refractivity contribution in [1.29, 1.82) is 0 Å². The van der Waals surface area contributed by atoms with E-state index < -0.39 is 0 Å². The molecule has 8 aromatic rings. The molecule has 3 aromatic heterocycles. The van der Waals surface area contributed by atoms with Gasteiger partial charge in [-0.25, -0.2) is 0 Å². The van der Waals surface area contributed by atoms with E-state index >= 15 is 0 Å². The number of rotatable bonds is 5. The summed E-state index contributed by atoms with van der Waals surface area (Å²) in [6, 6.07) is 53.9. The number of pyridine rings is 2. The van der Waals surface area contributed by atoms with E-state index in [4.69, 9.17) is 4.42 Å². The van der Waals surface area contributed by atoms with Gasteiger partial charge < -0.3 is 14.4 Å². The maximum absolute atomic E-state index is 6.14. The molecule has 0 aliphatic heterocycles. The van der Waals surface area contributed by atoms with Crippen LogP contribution in [0.2, 0.25) is 0 Å². The second-order valence-electron chi connectivity index (χ2n) is 12.1. The van der Waals surface area contributed by atoms with Gasteiger partial charge in [0.05, 0.1) is 5.58 Å². The molecule has 0 unspecified atom stereocenters. The Bertz CT molecular complexity index is 2260. The first-order valence-corrected chi connectivity index (χ1v) is 15.8. The fourth-order valence-electron chi connectivity index (χ4n) is 5.97. The molecular formula is C44H34IrN2O-2. The van der Waals surface area contributed by atoms with Crippen molar-refractivity contribution in [2.45, 2.75) is 26.2 Å². The Labute approximate surface area is 295 Å². The number of fused-ring (bicyclic) bond motifs is 3. The van der Waals surface area contributed by atoms with Gasteiger partial charge in [-0.3, -0.25) is 0 Å². The Balaban J connectivity index is 0.000000168. The average Bonchev–Trinajstić information content (AvgIpc) is 3.52. The fourth-order valence-corrected chi connectivity index (χ4v) is 5.97. The smallest absolute Gasteiger partial charge is 0.120 e. The van der Waals surface area contributed by atoms with Crippen LogP contribution in [0.25, 0.3) is 55.6 Å². The van der Waals surface area contributed by atoms with Crippen LogP contribution < -0.4 is 0 Å². The summed E-state index contributed by atoms with van der Waals surface area (Å²) in [4.78, 5) is 9.27. The number of benzene rings is 5. The number of aryl methyl sites for hydroxylation is 1. The van der Waals surface area contributed by atoms with E-state index in [2.05, 4.69) is 122 Å². The minimum atomic E-state index is -0.0484. The van der Waals surface area contributed by atoms with Gasteiger partial charge in [0.1, 0.15) is 5.58 Å². The molecule has 0 saturated carbocycles. The van der Waals surface area contributed by atoms with Gasteiger partial charge in [-0.1, -0.05) is 122 Å². The van der Waals surface area contributed by atoms with Gasteiger partial charge in [0.25, 0.3) is 0 Å². The molecule has 0 spiro atoms. The molecule has 237 valence electrons. The summed E-state index contributed by atoms with van der Waals surface area (Å²) >= 11 is 0. The molecule has 0 saturated heterocycles. The van der Waals surface area contributed by atoms with Crippen molar-refractivity contribution in [3.8, 4) is 33.6 Å². The Kier molecular flexibility index (Phi) is 9.77. The summed E-state index contributed by atoms with van der Waals surface area (Å²) in [6.45, 7) is 6.55. The summed E-state index contributed by atoms with van der Waals surface area (Å²) in [7, 11) is 0. The molecule has 0 fully saturated rings. The van der Waals surface area contributed by atoms with Crippen molar-refractivity contribution < 1.29 is 24.5 Å². The Morgan fingerprint density at radius 2 is 1.31 bits per heavy atom.